The van der Waals surface area contributed by atoms with Crippen molar-refractivity contribution in [2.45, 2.75) is 46.7 Å². The van der Waals surface area contributed by atoms with Gasteiger partial charge in [0, 0.05) is 17.0 Å². The number of thiazole rings is 1. The molecule has 1 aromatic heterocycles. The molecule has 0 amide bonds. The van der Waals surface area contributed by atoms with Crippen LogP contribution in [-0.4, -0.2) is 10.5 Å². The molecule has 0 aliphatic rings. The summed E-state index contributed by atoms with van der Waals surface area (Å²) in [7, 11) is 0. The minimum atomic E-state index is 0.171. The van der Waals surface area contributed by atoms with Gasteiger partial charge in [-0.25, -0.2) is 4.98 Å². The normalized spacial score (nSPS) is 12.1. The molecule has 0 saturated carbocycles. The van der Waals surface area contributed by atoms with E-state index in [9.17, 15) is 0 Å². The summed E-state index contributed by atoms with van der Waals surface area (Å²) in [6.07, 6.45) is 0. The van der Waals surface area contributed by atoms with Crippen LogP contribution in [0.4, 0.5) is 0 Å². The summed E-state index contributed by atoms with van der Waals surface area (Å²) in [6, 6.07) is 0. The van der Waals surface area contributed by atoms with Gasteiger partial charge < -0.3 is 5.32 Å². The average molecular weight is 198 g/mol. The Bertz CT molecular complexity index is 284. The van der Waals surface area contributed by atoms with Crippen LogP contribution in [0.3, 0.4) is 0 Å². The van der Waals surface area contributed by atoms with E-state index in [1.165, 1.54) is 10.6 Å². The smallest absolute Gasteiger partial charge is 0.0900 e. The highest BCUT2D eigenvalue weighted by atomic mass is 32.1. The van der Waals surface area contributed by atoms with Gasteiger partial charge in [0.05, 0.1) is 10.7 Å². The van der Waals surface area contributed by atoms with Crippen LogP contribution < -0.4 is 5.32 Å². The number of rotatable bonds is 2. The van der Waals surface area contributed by atoms with Crippen molar-refractivity contribution in [3.8, 4) is 0 Å². The molecule has 3 heteroatoms. The third-order valence-corrected chi connectivity index (χ3v) is 2.71. The molecule has 0 spiro atoms. The number of hydrogen-bond acceptors (Lipinski definition) is 3. The van der Waals surface area contributed by atoms with E-state index in [4.69, 9.17) is 0 Å². The van der Waals surface area contributed by atoms with Crippen molar-refractivity contribution in [2.24, 2.45) is 0 Å². The molecule has 0 unspecified atom stereocenters. The van der Waals surface area contributed by atoms with Crippen LogP contribution in [0.25, 0.3) is 0 Å². The standard InChI is InChI=1S/C10H18N2S/c1-7-9(12-8(2)13-7)6-11-10(3,4)5/h11H,6H2,1-5H3. The monoisotopic (exact) mass is 198 g/mol. The maximum absolute atomic E-state index is 4.47. The Kier molecular flexibility index (Phi) is 3.09. The highest BCUT2D eigenvalue weighted by Gasteiger charge is 2.11. The minimum Gasteiger partial charge on any atom is -0.306 e. The summed E-state index contributed by atoms with van der Waals surface area (Å²) in [6.45, 7) is 11.6. The van der Waals surface area contributed by atoms with Gasteiger partial charge >= 0.3 is 0 Å². The summed E-state index contributed by atoms with van der Waals surface area (Å²) < 4.78 is 0. The molecule has 0 aliphatic heterocycles. The van der Waals surface area contributed by atoms with E-state index in [2.05, 4.69) is 44.9 Å². The molecule has 1 aromatic rings. The van der Waals surface area contributed by atoms with Gasteiger partial charge in [-0.05, 0) is 34.6 Å². The molecule has 0 aliphatic carbocycles. The molecule has 0 bridgehead atoms. The fourth-order valence-electron chi connectivity index (χ4n) is 1.08. The Morgan fingerprint density at radius 2 is 1.92 bits per heavy atom. The lowest BCUT2D eigenvalue weighted by atomic mass is 10.1. The summed E-state index contributed by atoms with van der Waals surface area (Å²) in [5.74, 6) is 0. The van der Waals surface area contributed by atoms with Gasteiger partial charge in [0.15, 0.2) is 0 Å². The van der Waals surface area contributed by atoms with Crippen molar-refractivity contribution in [1.29, 1.82) is 0 Å². The molecule has 0 radical (unpaired) electrons. The van der Waals surface area contributed by atoms with Gasteiger partial charge in [0.2, 0.25) is 0 Å². The first-order chi connectivity index (χ1) is 5.88. The van der Waals surface area contributed by atoms with Crippen LogP contribution in [0.1, 0.15) is 36.3 Å². The van der Waals surface area contributed by atoms with E-state index < -0.39 is 0 Å². The number of aromatic nitrogens is 1. The van der Waals surface area contributed by atoms with Crippen molar-refractivity contribution in [1.82, 2.24) is 10.3 Å². The quantitative estimate of drug-likeness (QED) is 0.790. The van der Waals surface area contributed by atoms with E-state index >= 15 is 0 Å². The lowest BCUT2D eigenvalue weighted by Gasteiger charge is -2.19. The van der Waals surface area contributed by atoms with E-state index in [0.717, 1.165) is 11.6 Å². The fourth-order valence-corrected chi connectivity index (χ4v) is 1.92. The Morgan fingerprint density at radius 3 is 2.31 bits per heavy atom. The van der Waals surface area contributed by atoms with Crippen LogP contribution in [0.5, 0.6) is 0 Å². The van der Waals surface area contributed by atoms with Crippen LogP contribution in [0.2, 0.25) is 0 Å². The zero-order valence-corrected chi connectivity index (χ0v) is 9.88. The van der Waals surface area contributed by atoms with Crippen molar-refractivity contribution >= 4 is 11.3 Å². The second kappa shape index (κ2) is 3.76. The zero-order valence-electron chi connectivity index (χ0n) is 9.06. The highest BCUT2D eigenvalue weighted by Crippen LogP contribution is 2.16. The molecular weight excluding hydrogens is 180 g/mol. The third-order valence-electron chi connectivity index (χ3n) is 1.79. The third kappa shape index (κ3) is 3.44. The van der Waals surface area contributed by atoms with Gasteiger partial charge in [-0.1, -0.05) is 0 Å². The molecule has 74 valence electrons. The predicted octanol–water partition coefficient (Wildman–Crippen LogP) is 2.65. The maximum Gasteiger partial charge on any atom is 0.0900 e. The summed E-state index contributed by atoms with van der Waals surface area (Å²) in [4.78, 5) is 5.80. The number of nitrogens with zero attached hydrogens (tertiary/aromatic N) is 1. The van der Waals surface area contributed by atoms with E-state index in [-0.39, 0.29) is 5.54 Å². The summed E-state index contributed by atoms with van der Waals surface area (Å²) in [5, 5.41) is 4.59. The Labute approximate surface area is 84.4 Å². The average Bonchev–Trinajstić information content (AvgIpc) is 2.24. The first-order valence-electron chi connectivity index (χ1n) is 4.56. The number of hydrogen-bond donors (Lipinski definition) is 1. The zero-order chi connectivity index (χ0) is 10.1. The summed E-state index contributed by atoms with van der Waals surface area (Å²) in [5.41, 5.74) is 1.36. The van der Waals surface area contributed by atoms with Crippen LogP contribution >= 0.6 is 11.3 Å². The predicted molar refractivity (Wildman–Crippen MR) is 58.2 cm³/mol. The summed E-state index contributed by atoms with van der Waals surface area (Å²) >= 11 is 1.77. The number of aryl methyl sites for hydroxylation is 2. The van der Waals surface area contributed by atoms with Crippen molar-refractivity contribution in [2.75, 3.05) is 0 Å². The van der Waals surface area contributed by atoms with E-state index in [1.54, 1.807) is 11.3 Å². The minimum absolute atomic E-state index is 0.171. The fraction of sp³-hybridized carbons (Fsp3) is 0.700. The lowest BCUT2D eigenvalue weighted by Crippen LogP contribution is -2.35. The van der Waals surface area contributed by atoms with Crippen LogP contribution in [-0.2, 0) is 6.54 Å². The Hall–Kier alpha value is -0.410. The molecule has 13 heavy (non-hydrogen) atoms. The van der Waals surface area contributed by atoms with E-state index in [0.29, 0.717) is 0 Å². The molecule has 0 saturated heterocycles. The van der Waals surface area contributed by atoms with Gasteiger partial charge in [-0.3, -0.25) is 0 Å². The van der Waals surface area contributed by atoms with Crippen molar-refractivity contribution < 1.29 is 0 Å². The lowest BCUT2D eigenvalue weighted by molar-refractivity contribution is 0.421. The van der Waals surface area contributed by atoms with Crippen molar-refractivity contribution in [3.63, 3.8) is 0 Å². The SMILES string of the molecule is Cc1nc(CNC(C)(C)C)c(C)s1. The molecular formula is C10H18N2S. The maximum atomic E-state index is 4.47. The van der Waals surface area contributed by atoms with Crippen LogP contribution in [0, 0.1) is 13.8 Å². The van der Waals surface area contributed by atoms with Gasteiger partial charge in [0.25, 0.3) is 0 Å². The molecule has 0 aromatic carbocycles. The molecule has 0 atom stereocenters. The van der Waals surface area contributed by atoms with Gasteiger partial charge in [-0.15, -0.1) is 11.3 Å². The largest absolute Gasteiger partial charge is 0.306 e. The van der Waals surface area contributed by atoms with Gasteiger partial charge in [0.1, 0.15) is 0 Å². The van der Waals surface area contributed by atoms with Crippen LogP contribution in [0.15, 0.2) is 0 Å². The molecule has 1 heterocycles. The van der Waals surface area contributed by atoms with E-state index in [1.807, 2.05) is 0 Å². The first kappa shape index (κ1) is 10.7. The second-order valence-corrected chi connectivity index (χ2v) is 5.75. The molecule has 2 nitrogen and oxygen atoms in total. The van der Waals surface area contributed by atoms with Gasteiger partial charge in [-0.2, -0.15) is 0 Å². The first-order valence-corrected chi connectivity index (χ1v) is 5.38. The molecule has 1 rings (SSSR count). The Morgan fingerprint density at radius 1 is 1.31 bits per heavy atom. The second-order valence-electron chi connectivity index (χ2n) is 4.34. The number of nitrogens with one attached hydrogen (secondary N) is 1. The van der Waals surface area contributed by atoms with Crippen molar-refractivity contribution in [3.05, 3.63) is 15.6 Å². The molecule has 1 N–H and O–H groups in total. The topological polar surface area (TPSA) is 24.9 Å². The highest BCUT2D eigenvalue weighted by molar-refractivity contribution is 7.11. The Balaban J connectivity index is 2.59. The molecule has 0 fully saturated rings.